The molecule has 26 heavy (non-hydrogen) atoms. The number of carbonyl (C=O) groups is 2. The zero-order valence-electron chi connectivity index (χ0n) is 15.8. The largest absolute Gasteiger partial charge is 0.508 e. The molecule has 0 aromatic heterocycles. The Balaban J connectivity index is 1.68. The van der Waals surface area contributed by atoms with Gasteiger partial charge in [-0.25, -0.2) is 4.79 Å². The number of unbranched alkanes of at least 4 members (excludes halogenated alkanes) is 5. The Morgan fingerprint density at radius 1 is 1.12 bits per heavy atom. The molecule has 1 aliphatic heterocycles. The summed E-state index contributed by atoms with van der Waals surface area (Å²) in [5.74, 6) is -0.162. The fourth-order valence-corrected chi connectivity index (χ4v) is 2.89. The maximum absolute atomic E-state index is 12.3. The van der Waals surface area contributed by atoms with Crippen LogP contribution in [0.1, 0.15) is 52.4 Å². The van der Waals surface area contributed by atoms with Crippen LogP contribution in [0, 0.1) is 5.41 Å². The Hall–Kier alpha value is -2.24. The highest BCUT2D eigenvalue weighted by atomic mass is 16.7. The molecular weight excluding hydrogens is 332 g/mol. The standard InChI is InChI=1S/C20H30N2O4/c1-3-4-5-6-7-11-14-25-19(24)26-16-20(2)15-22(21-18(20)23)17-12-9-8-10-13-17/h8-10,12-13H,3-7,11,14-16H2,1-2H3,(H,21,23). The first-order valence-corrected chi connectivity index (χ1v) is 9.48. The average Bonchev–Trinajstić information content (AvgIpc) is 2.95. The highest BCUT2D eigenvalue weighted by Crippen LogP contribution is 2.28. The number of hydrogen-bond acceptors (Lipinski definition) is 5. The lowest BCUT2D eigenvalue weighted by molar-refractivity contribution is -0.128. The van der Waals surface area contributed by atoms with Crippen LogP contribution in [0.25, 0.3) is 0 Å². The fraction of sp³-hybridized carbons (Fsp3) is 0.600. The van der Waals surface area contributed by atoms with Gasteiger partial charge in [-0.05, 0) is 25.5 Å². The van der Waals surface area contributed by atoms with Crippen molar-refractivity contribution in [3.63, 3.8) is 0 Å². The zero-order valence-corrected chi connectivity index (χ0v) is 15.8. The van der Waals surface area contributed by atoms with Crippen molar-refractivity contribution in [1.82, 2.24) is 5.43 Å². The summed E-state index contributed by atoms with van der Waals surface area (Å²) in [7, 11) is 0. The molecule has 1 aromatic carbocycles. The van der Waals surface area contributed by atoms with Gasteiger partial charge in [-0.15, -0.1) is 0 Å². The summed E-state index contributed by atoms with van der Waals surface area (Å²) in [6.07, 6.45) is 6.07. The number of ether oxygens (including phenoxy) is 2. The first-order valence-electron chi connectivity index (χ1n) is 9.48. The van der Waals surface area contributed by atoms with E-state index in [0.717, 1.165) is 18.5 Å². The molecule has 6 nitrogen and oxygen atoms in total. The number of benzene rings is 1. The van der Waals surface area contributed by atoms with E-state index in [-0.39, 0.29) is 12.5 Å². The Kier molecular flexibility index (Phi) is 7.75. The molecule has 0 aliphatic carbocycles. The van der Waals surface area contributed by atoms with Crippen LogP contribution < -0.4 is 10.4 Å². The lowest BCUT2D eigenvalue weighted by Gasteiger charge is -2.21. The van der Waals surface area contributed by atoms with Gasteiger partial charge in [-0.1, -0.05) is 57.2 Å². The van der Waals surface area contributed by atoms with Crippen LogP contribution >= 0.6 is 0 Å². The Morgan fingerprint density at radius 2 is 1.81 bits per heavy atom. The predicted molar refractivity (Wildman–Crippen MR) is 101 cm³/mol. The summed E-state index contributed by atoms with van der Waals surface area (Å²) in [6, 6.07) is 9.58. The van der Waals surface area contributed by atoms with E-state index in [1.165, 1.54) is 25.7 Å². The third kappa shape index (κ3) is 5.93. The molecule has 1 N–H and O–H groups in total. The molecule has 1 aromatic rings. The molecule has 144 valence electrons. The van der Waals surface area contributed by atoms with E-state index < -0.39 is 11.6 Å². The van der Waals surface area contributed by atoms with E-state index in [1.807, 2.05) is 30.3 Å². The van der Waals surface area contributed by atoms with Gasteiger partial charge in [0.1, 0.15) is 12.0 Å². The van der Waals surface area contributed by atoms with Gasteiger partial charge in [0, 0.05) is 0 Å². The monoisotopic (exact) mass is 362 g/mol. The molecule has 0 radical (unpaired) electrons. The van der Waals surface area contributed by atoms with Crippen LogP contribution in [0.5, 0.6) is 0 Å². The minimum absolute atomic E-state index is 0.00248. The minimum Gasteiger partial charge on any atom is -0.434 e. The average molecular weight is 362 g/mol. The first-order chi connectivity index (χ1) is 12.5. The van der Waals surface area contributed by atoms with Crippen molar-refractivity contribution >= 4 is 17.7 Å². The van der Waals surface area contributed by atoms with Crippen molar-refractivity contribution in [2.75, 3.05) is 24.8 Å². The number of anilines is 1. The van der Waals surface area contributed by atoms with Gasteiger partial charge < -0.3 is 9.47 Å². The van der Waals surface area contributed by atoms with E-state index in [1.54, 1.807) is 11.9 Å². The van der Waals surface area contributed by atoms with Crippen molar-refractivity contribution in [2.45, 2.75) is 52.4 Å². The Morgan fingerprint density at radius 3 is 2.54 bits per heavy atom. The minimum atomic E-state index is -0.797. The number of nitrogens with zero attached hydrogens (tertiary/aromatic N) is 1. The van der Waals surface area contributed by atoms with Crippen LogP contribution in [0.4, 0.5) is 10.5 Å². The number of amides is 1. The molecular formula is C20H30N2O4. The maximum Gasteiger partial charge on any atom is 0.508 e. The highest BCUT2D eigenvalue weighted by Gasteiger charge is 2.43. The summed E-state index contributed by atoms with van der Waals surface area (Å²) in [4.78, 5) is 24.0. The van der Waals surface area contributed by atoms with Crippen molar-refractivity contribution in [3.8, 4) is 0 Å². The van der Waals surface area contributed by atoms with Crippen LogP contribution in [0.15, 0.2) is 30.3 Å². The maximum atomic E-state index is 12.3. The van der Waals surface area contributed by atoms with Crippen LogP contribution in [-0.2, 0) is 14.3 Å². The summed E-state index contributed by atoms with van der Waals surface area (Å²) in [6.45, 7) is 4.76. The van der Waals surface area contributed by atoms with Crippen molar-refractivity contribution in [3.05, 3.63) is 30.3 Å². The van der Waals surface area contributed by atoms with Crippen LogP contribution in [-0.4, -0.2) is 31.8 Å². The number of para-hydroxylation sites is 1. The second kappa shape index (κ2) is 10.0. The quantitative estimate of drug-likeness (QED) is 0.502. The first kappa shape index (κ1) is 20.1. The molecule has 1 fully saturated rings. The molecule has 1 heterocycles. The van der Waals surface area contributed by atoms with Gasteiger partial charge in [-0.3, -0.25) is 15.2 Å². The number of hydrogen-bond donors (Lipinski definition) is 1. The number of hydrazine groups is 1. The molecule has 1 unspecified atom stereocenters. The molecule has 0 bridgehead atoms. The van der Waals surface area contributed by atoms with Gasteiger partial charge in [0.15, 0.2) is 0 Å². The van der Waals surface area contributed by atoms with E-state index in [0.29, 0.717) is 13.2 Å². The normalized spacial score (nSPS) is 19.3. The topological polar surface area (TPSA) is 67.9 Å². The van der Waals surface area contributed by atoms with E-state index in [2.05, 4.69) is 12.3 Å². The zero-order chi connectivity index (χ0) is 18.8. The van der Waals surface area contributed by atoms with Gasteiger partial charge in [0.25, 0.3) is 0 Å². The molecule has 1 atom stereocenters. The van der Waals surface area contributed by atoms with Crippen LogP contribution in [0.2, 0.25) is 0 Å². The summed E-state index contributed by atoms with van der Waals surface area (Å²) < 4.78 is 10.3. The fourth-order valence-electron chi connectivity index (χ4n) is 2.89. The second-order valence-electron chi connectivity index (χ2n) is 7.08. The third-order valence-corrected chi connectivity index (χ3v) is 4.59. The highest BCUT2D eigenvalue weighted by molar-refractivity contribution is 5.88. The second-order valence-corrected chi connectivity index (χ2v) is 7.08. The molecule has 1 aliphatic rings. The van der Waals surface area contributed by atoms with Crippen LogP contribution in [0.3, 0.4) is 0 Å². The molecule has 0 saturated carbocycles. The lowest BCUT2D eigenvalue weighted by atomic mass is 9.92. The SMILES string of the molecule is CCCCCCCCOC(=O)OCC1(C)CN(c2ccccc2)NC1=O. The summed E-state index contributed by atoms with van der Waals surface area (Å²) >= 11 is 0. The van der Waals surface area contributed by atoms with Crippen molar-refractivity contribution in [1.29, 1.82) is 0 Å². The number of carbonyl (C=O) groups excluding carboxylic acids is 2. The smallest absolute Gasteiger partial charge is 0.434 e. The van der Waals surface area contributed by atoms with Gasteiger partial charge in [0.05, 0.1) is 18.8 Å². The Labute approximate surface area is 155 Å². The van der Waals surface area contributed by atoms with E-state index >= 15 is 0 Å². The van der Waals surface area contributed by atoms with Gasteiger partial charge in [-0.2, -0.15) is 0 Å². The molecule has 0 spiro atoms. The Bertz CT molecular complexity index is 578. The summed E-state index contributed by atoms with van der Waals surface area (Å²) in [5, 5.41) is 1.77. The van der Waals surface area contributed by atoms with Crippen molar-refractivity contribution < 1.29 is 19.1 Å². The third-order valence-electron chi connectivity index (χ3n) is 4.59. The number of nitrogens with one attached hydrogen (secondary N) is 1. The summed E-state index contributed by atoms with van der Waals surface area (Å²) in [5.41, 5.74) is 2.93. The van der Waals surface area contributed by atoms with Crippen molar-refractivity contribution in [2.24, 2.45) is 5.41 Å². The predicted octanol–water partition coefficient (Wildman–Crippen LogP) is 4.06. The number of rotatable bonds is 10. The van der Waals surface area contributed by atoms with Gasteiger partial charge >= 0.3 is 6.16 Å². The van der Waals surface area contributed by atoms with E-state index in [4.69, 9.17) is 9.47 Å². The van der Waals surface area contributed by atoms with E-state index in [9.17, 15) is 9.59 Å². The molecule has 1 amide bonds. The molecule has 6 heteroatoms. The van der Waals surface area contributed by atoms with Gasteiger partial charge in [0.2, 0.25) is 5.91 Å². The lowest BCUT2D eigenvalue weighted by Crippen LogP contribution is -2.35. The molecule has 2 rings (SSSR count). The molecule has 1 saturated heterocycles.